The van der Waals surface area contributed by atoms with Gasteiger partial charge in [-0.2, -0.15) is 8.42 Å². The number of rotatable bonds is 21. The fourth-order valence-electron chi connectivity index (χ4n) is 4.82. The first-order valence-corrected chi connectivity index (χ1v) is 18.5. The molecule has 0 radical (unpaired) electrons. The van der Waals surface area contributed by atoms with E-state index in [2.05, 4.69) is 6.92 Å². The molecule has 228 valence electrons. The second-order valence-electron chi connectivity index (χ2n) is 10.2. The molecule has 0 aromatic heterocycles. The number of hydrogen-bond acceptors (Lipinski definition) is 9. The third kappa shape index (κ3) is 14.7. The standard InChI is InChI=1S/C28H44O9S3.2Na/c1-2-3-4-5-6-7-8-9-10-11-12-13-14-15-16-19-22-37-40(35,36)27-25-21-18-17-20-24(25)23-26(38(29,30)31)28(27)39(32,33)34;;/h17-18,20-21,23H,2-16,19,22H2,1H3,(H,29,30,31)(H,32,33,34);;/q;2*+1/p-2. The molecule has 2 aromatic carbocycles. The maximum absolute atomic E-state index is 13.0. The molecule has 0 saturated carbocycles. The quantitative estimate of drug-likeness (QED) is 0.0808. The van der Waals surface area contributed by atoms with Gasteiger partial charge in [-0.1, -0.05) is 128 Å². The van der Waals surface area contributed by atoms with Crippen LogP contribution in [0.25, 0.3) is 10.8 Å². The molecule has 0 spiro atoms. The third-order valence-corrected chi connectivity index (χ3v) is 10.4. The zero-order chi connectivity index (χ0) is 29.7. The monoisotopic (exact) mass is 664 g/mol. The molecule has 0 saturated heterocycles. The fourth-order valence-corrected chi connectivity index (χ4v) is 8.60. The molecule has 0 heterocycles. The van der Waals surface area contributed by atoms with E-state index in [1.165, 1.54) is 94.9 Å². The van der Waals surface area contributed by atoms with Gasteiger partial charge in [0.1, 0.15) is 25.1 Å². The maximum Gasteiger partial charge on any atom is 1.00 e. The van der Waals surface area contributed by atoms with Crippen molar-refractivity contribution in [1.82, 2.24) is 0 Å². The molecular weight excluding hydrogens is 622 g/mol. The van der Waals surface area contributed by atoms with Crippen molar-refractivity contribution in [3.63, 3.8) is 0 Å². The Kier molecular flexibility index (Phi) is 21.5. The SMILES string of the molecule is CCCCCCCCCCCCCCCCCCOS(=O)(=O)c1c(S(=O)(=O)[O-])c(S(=O)(=O)[O-])cc2ccccc12.[Na+].[Na+]. The van der Waals surface area contributed by atoms with Gasteiger partial charge in [0.05, 0.1) is 16.4 Å². The van der Waals surface area contributed by atoms with Crippen LogP contribution in [0.5, 0.6) is 0 Å². The summed E-state index contributed by atoms with van der Waals surface area (Å²) in [6.07, 6.45) is 18.3. The molecule has 42 heavy (non-hydrogen) atoms. The molecule has 9 nitrogen and oxygen atoms in total. The number of fused-ring (bicyclic) bond motifs is 1. The number of hydrogen-bond donors (Lipinski definition) is 0. The van der Waals surface area contributed by atoms with E-state index < -0.39 is 45.0 Å². The van der Waals surface area contributed by atoms with E-state index >= 15 is 0 Å². The predicted molar refractivity (Wildman–Crippen MR) is 153 cm³/mol. The smallest absolute Gasteiger partial charge is 0.744 e. The summed E-state index contributed by atoms with van der Waals surface area (Å²) in [5.74, 6) is 0. The average Bonchev–Trinajstić information content (AvgIpc) is 2.88. The van der Waals surface area contributed by atoms with Crippen molar-refractivity contribution in [2.24, 2.45) is 0 Å². The Balaban J connectivity index is 0.00000840. The summed E-state index contributed by atoms with van der Waals surface area (Å²) in [7, 11) is -16.1. The summed E-state index contributed by atoms with van der Waals surface area (Å²) in [6, 6.07) is 6.05. The Morgan fingerprint density at radius 2 is 1.02 bits per heavy atom. The number of benzene rings is 2. The second-order valence-corrected chi connectivity index (χ2v) is 14.5. The summed E-state index contributed by atoms with van der Waals surface area (Å²) < 4.78 is 102. The van der Waals surface area contributed by atoms with Gasteiger partial charge < -0.3 is 9.11 Å². The average molecular weight is 665 g/mol. The maximum atomic E-state index is 13.0. The molecule has 2 rings (SSSR count). The predicted octanol–water partition coefficient (Wildman–Crippen LogP) is 0.623. The molecule has 0 N–H and O–H groups in total. The van der Waals surface area contributed by atoms with E-state index in [0.29, 0.717) is 18.9 Å². The molecule has 0 unspecified atom stereocenters. The Bertz CT molecular complexity index is 1400. The summed E-state index contributed by atoms with van der Waals surface area (Å²) in [5, 5.41) is -0.259. The minimum Gasteiger partial charge on any atom is -0.744 e. The molecule has 0 amide bonds. The van der Waals surface area contributed by atoms with Crippen LogP contribution in [0.3, 0.4) is 0 Å². The minimum absolute atomic E-state index is 0. The van der Waals surface area contributed by atoms with E-state index in [1.807, 2.05) is 0 Å². The van der Waals surface area contributed by atoms with Crippen LogP contribution < -0.4 is 59.1 Å². The molecule has 0 fully saturated rings. The van der Waals surface area contributed by atoms with E-state index in [1.54, 1.807) is 0 Å². The van der Waals surface area contributed by atoms with Gasteiger partial charge >= 0.3 is 59.1 Å². The van der Waals surface area contributed by atoms with Gasteiger partial charge in [-0.25, -0.2) is 16.8 Å². The van der Waals surface area contributed by atoms with Crippen molar-refractivity contribution in [3.8, 4) is 0 Å². The van der Waals surface area contributed by atoms with Gasteiger partial charge in [0, 0.05) is 5.39 Å². The van der Waals surface area contributed by atoms with Gasteiger partial charge in [-0.15, -0.1) is 0 Å². The second kappa shape index (κ2) is 21.3. The third-order valence-electron chi connectivity index (χ3n) is 6.93. The summed E-state index contributed by atoms with van der Waals surface area (Å²) >= 11 is 0. The Morgan fingerprint density at radius 3 is 1.45 bits per heavy atom. The van der Waals surface area contributed by atoms with Crippen molar-refractivity contribution < 1.29 is 97.7 Å². The summed E-state index contributed by atoms with van der Waals surface area (Å²) in [4.78, 5) is -4.13. The van der Waals surface area contributed by atoms with Crippen LogP contribution in [0.15, 0.2) is 45.0 Å². The Hall–Kier alpha value is 0.430. The van der Waals surface area contributed by atoms with E-state index in [4.69, 9.17) is 4.18 Å². The Labute approximate surface area is 297 Å². The first-order chi connectivity index (χ1) is 18.9. The van der Waals surface area contributed by atoms with E-state index in [0.717, 1.165) is 19.3 Å². The topological polar surface area (TPSA) is 158 Å². The van der Waals surface area contributed by atoms with Crippen molar-refractivity contribution in [3.05, 3.63) is 30.3 Å². The van der Waals surface area contributed by atoms with Gasteiger partial charge in [0.2, 0.25) is 0 Å². The van der Waals surface area contributed by atoms with Crippen molar-refractivity contribution in [1.29, 1.82) is 0 Å². The molecule has 0 aliphatic heterocycles. The molecule has 0 aliphatic carbocycles. The molecule has 2 aromatic rings. The van der Waals surface area contributed by atoms with Crippen LogP contribution in [0.2, 0.25) is 0 Å². The molecule has 0 bridgehead atoms. The minimum atomic E-state index is -5.67. The summed E-state index contributed by atoms with van der Waals surface area (Å²) in [6.45, 7) is 1.95. The Morgan fingerprint density at radius 1 is 0.595 bits per heavy atom. The fraction of sp³-hybridized carbons (Fsp3) is 0.643. The molecule has 14 heteroatoms. The summed E-state index contributed by atoms with van der Waals surface area (Å²) in [5.41, 5.74) is 0. The van der Waals surface area contributed by atoms with Crippen LogP contribution in [-0.2, 0) is 34.5 Å². The van der Waals surface area contributed by atoms with E-state index in [-0.39, 0.29) is 76.5 Å². The van der Waals surface area contributed by atoms with Crippen molar-refractivity contribution >= 4 is 41.1 Å². The van der Waals surface area contributed by atoms with Crippen LogP contribution >= 0.6 is 0 Å². The van der Waals surface area contributed by atoms with Gasteiger partial charge in [0.15, 0.2) is 0 Å². The largest absolute Gasteiger partial charge is 1.00 e. The van der Waals surface area contributed by atoms with Crippen molar-refractivity contribution in [2.45, 2.75) is 124 Å². The zero-order valence-corrected chi connectivity index (χ0v) is 31.8. The molecule has 0 aliphatic rings. The van der Waals surface area contributed by atoms with Crippen LogP contribution in [-0.4, -0.2) is 41.0 Å². The van der Waals surface area contributed by atoms with Crippen LogP contribution in [0.1, 0.15) is 110 Å². The zero-order valence-electron chi connectivity index (χ0n) is 25.3. The van der Waals surface area contributed by atoms with E-state index in [9.17, 15) is 34.4 Å². The van der Waals surface area contributed by atoms with Crippen LogP contribution in [0.4, 0.5) is 0 Å². The molecule has 0 atom stereocenters. The first kappa shape index (κ1) is 42.4. The first-order valence-electron chi connectivity index (χ1n) is 14.3. The normalized spacial score (nSPS) is 12.2. The van der Waals surface area contributed by atoms with Crippen molar-refractivity contribution in [2.75, 3.05) is 6.61 Å². The van der Waals surface area contributed by atoms with Gasteiger partial charge in [-0.3, -0.25) is 4.18 Å². The molecular formula is C28H42Na2O9S3. The van der Waals surface area contributed by atoms with Gasteiger partial charge in [-0.05, 0) is 17.9 Å². The van der Waals surface area contributed by atoms with Gasteiger partial charge in [0.25, 0.3) is 10.1 Å². The number of unbranched alkanes of at least 4 members (excludes halogenated alkanes) is 15. The van der Waals surface area contributed by atoms with Crippen LogP contribution in [0, 0.1) is 0 Å².